The van der Waals surface area contributed by atoms with Crippen LogP contribution in [0.5, 0.6) is 17.2 Å². The third kappa shape index (κ3) is 8.64. The van der Waals surface area contributed by atoms with Crippen LogP contribution in [-0.2, 0) is 17.9 Å². The molecule has 0 amide bonds. The van der Waals surface area contributed by atoms with Crippen LogP contribution in [-0.4, -0.2) is 42.0 Å². The number of aryl methyl sites for hydroxylation is 1. The van der Waals surface area contributed by atoms with E-state index < -0.39 is 18.6 Å². The van der Waals surface area contributed by atoms with E-state index in [0.29, 0.717) is 34.3 Å². The number of rotatable bonds is 15. The van der Waals surface area contributed by atoms with E-state index in [1.165, 1.54) is 0 Å². The highest BCUT2D eigenvalue weighted by molar-refractivity contribution is 6.32. The average Bonchev–Trinajstić information content (AvgIpc) is 2.99. The fraction of sp³-hybridized carbons (Fsp3) is 0.314. The quantitative estimate of drug-likeness (QED) is 0.125. The summed E-state index contributed by atoms with van der Waals surface area (Å²) < 4.78 is 18.1. The Balaban J connectivity index is 1.92. The van der Waals surface area contributed by atoms with Crippen molar-refractivity contribution < 1.29 is 29.2 Å². The third-order valence-electron chi connectivity index (χ3n) is 7.18. The van der Waals surface area contributed by atoms with Crippen LogP contribution in [0.4, 0.5) is 0 Å². The molecule has 0 radical (unpaired) electrons. The van der Waals surface area contributed by atoms with Crippen molar-refractivity contribution in [1.29, 1.82) is 5.26 Å². The van der Waals surface area contributed by atoms with Crippen molar-refractivity contribution in [3.63, 3.8) is 0 Å². The number of benzene rings is 3. The predicted octanol–water partition coefficient (Wildman–Crippen LogP) is 6.85. The molecule has 3 rings (SSSR count). The van der Waals surface area contributed by atoms with E-state index in [4.69, 9.17) is 31.1 Å². The van der Waals surface area contributed by atoms with Crippen LogP contribution in [0.2, 0.25) is 5.02 Å². The Morgan fingerprint density at radius 1 is 1.07 bits per heavy atom. The summed E-state index contributed by atoms with van der Waals surface area (Å²) >= 11 is 6.64. The molecule has 0 heterocycles. The normalized spacial score (nSPS) is 11.9. The molecule has 0 aliphatic rings. The second-order valence-electron chi connectivity index (χ2n) is 10.5. The Morgan fingerprint density at radius 2 is 1.82 bits per heavy atom. The van der Waals surface area contributed by atoms with Crippen LogP contribution >= 0.6 is 11.6 Å². The number of aliphatic carboxylic acids is 1. The molecule has 3 aromatic rings. The monoisotopic (exact) mass is 618 g/mol. The summed E-state index contributed by atoms with van der Waals surface area (Å²) in [6, 6.07) is 14.3. The van der Waals surface area contributed by atoms with Gasteiger partial charge in [0.25, 0.3) is 0 Å². The summed E-state index contributed by atoms with van der Waals surface area (Å²) in [4.78, 5) is 11.4. The van der Waals surface area contributed by atoms with E-state index in [1.807, 2.05) is 38.1 Å². The molecular weight excluding hydrogens is 580 g/mol. The minimum Gasteiger partial charge on any atom is -0.494 e. The zero-order chi connectivity index (χ0) is 32.4. The molecule has 3 N–H and O–H groups in total. The molecule has 0 saturated carbocycles. The number of carbonyl (C=O) groups is 1. The maximum absolute atomic E-state index is 11.4. The fourth-order valence-corrected chi connectivity index (χ4v) is 5.05. The van der Waals surface area contributed by atoms with Crippen molar-refractivity contribution in [2.24, 2.45) is 0 Å². The highest BCUT2D eigenvalue weighted by Gasteiger charge is 2.19. The van der Waals surface area contributed by atoms with E-state index in [2.05, 4.69) is 44.8 Å². The maximum atomic E-state index is 11.4. The first-order chi connectivity index (χ1) is 21.0. The van der Waals surface area contributed by atoms with Crippen molar-refractivity contribution in [3.05, 3.63) is 99.1 Å². The molecule has 0 unspecified atom stereocenters. The Labute approximate surface area is 264 Å². The van der Waals surface area contributed by atoms with Crippen molar-refractivity contribution >= 4 is 17.6 Å². The molecule has 9 heteroatoms. The largest absolute Gasteiger partial charge is 0.494 e. The topological polar surface area (TPSA) is 121 Å². The van der Waals surface area contributed by atoms with Gasteiger partial charge in [-0.1, -0.05) is 42.4 Å². The number of carboxylic acids is 1. The van der Waals surface area contributed by atoms with Gasteiger partial charge in [0.2, 0.25) is 0 Å². The molecule has 0 aliphatic heterocycles. The molecule has 0 fully saturated rings. The Morgan fingerprint density at radius 3 is 2.48 bits per heavy atom. The predicted molar refractivity (Wildman–Crippen MR) is 172 cm³/mol. The van der Waals surface area contributed by atoms with Gasteiger partial charge in [-0.15, -0.1) is 0 Å². The summed E-state index contributed by atoms with van der Waals surface area (Å²) in [5, 5.41) is 30.9. The average molecular weight is 619 g/mol. The van der Waals surface area contributed by atoms with Gasteiger partial charge in [0.1, 0.15) is 36.5 Å². The summed E-state index contributed by atoms with van der Waals surface area (Å²) in [6.07, 6.45) is 1.63. The lowest BCUT2D eigenvalue weighted by Crippen LogP contribution is -2.39. The smallest absolute Gasteiger partial charge is 0.323 e. The number of halogens is 1. The lowest BCUT2D eigenvalue weighted by atomic mass is 9.90. The number of nitrogens with one attached hydrogen (secondary N) is 1. The van der Waals surface area contributed by atoms with E-state index in [-0.39, 0.29) is 19.8 Å². The number of carboxylic acid groups (broad SMARTS) is 1. The Kier molecular flexibility index (Phi) is 12.4. The number of aliphatic hydroxyl groups excluding tert-OH is 1. The van der Waals surface area contributed by atoms with E-state index in [1.54, 1.807) is 18.2 Å². The van der Waals surface area contributed by atoms with Gasteiger partial charge < -0.3 is 24.4 Å². The fourth-order valence-electron chi connectivity index (χ4n) is 4.81. The van der Waals surface area contributed by atoms with Gasteiger partial charge in [0, 0.05) is 23.7 Å². The van der Waals surface area contributed by atoms with Crippen LogP contribution in [0.1, 0.15) is 41.7 Å². The SMILES string of the molecule is C=C(C#N)/C=C(\C)COc1cc(OCc2cccc(-c3c(C)ccc(OCC)c3C)c2C)c(Cl)cc1CN[C@@H](CO)C(=O)O. The lowest BCUT2D eigenvalue weighted by molar-refractivity contribution is -0.140. The lowest BCUT2D eigenvalue weighted by Gasteiger charge is -2.20. The molecule has 1 atom stereocenters. The minimum absolute atomic E-state index is 0.0706. The number of allylic oxidation sites excluding steroid dienone is 2. The first-order valence-corrected chi connectivity index (χ1v) is 14.6. The number of nitriles is 1. The zero-order valence-electron chi connectivity index (χ0n) is 25.8. The highest BCUT2D eigenvalue weighted by atomic mass is 35.5. The van der Waals surface area contributed by atoms with Gasteiger partial charge in [-0.3, -0.25) is 10.1 Å². The van der Waals surface area contributed by atoms with Crippen LogP contribution in [0.3, 0.4) is 0 Å². The standard InChI is InChI=1S/C35H39ClN2O6/c1-7-42-31-12-11-23(4)34(25(31)6)28-10-8-9-26(24(28)5)20-44-33-15-32(43-19-22(3)13-21(2)16-37)27(14-29(33)36)17-38-30(18-39)35(40)41/h8-15,30,38-39H,2,7,17-20H2,1,3-6H3,(H,40,41)/b22-13+/t30-/m0/s1. The molecule has 0 bridgehead atoms. The van der Waals surface area contributed by atoms with Crippen molar-refractivity contribution in [1.82, 2.24) is 5.32 Å². The van der Waals surface area contributed by atoms with Gasteiger partial charge in [0.05, 0.1) is 24.3 Å². The van der Waals surface area contributed by atoms with Gasteiger partial charge in [-0.2, -0.15) is 5.26 Å². The Hall–Kier alpha value is -4.29. The molecule has 0 spiro atoms. The molecule has 3 aromatic carbocycles. The van der Waals surface area contributed by atoms with Crippen molar-refractivity contribution in [2.45, 2.75) is 53.8 Å². The highest BCUT2D eigenvalue weighted by Crippen LogP contribution is 2.37. The van der Waals surface area contributed by atoms with Crippen molar-refractivity contribution in [2.75, 3.05) is 19.8 Å². The number of nitrogens with zero attached hydrogens (tertiary/aromatic N) is 1. The third-order valence-corrected chi connectivity index (χ3v) is 7.47. The molecule has 232 valence electrons. The summed E-state index contributed by atoms with van der Waals surface area (Å²) in [5.41, 5.74) is 8.14. The van der Waals surface area contributed by atoms with Gasteiger partial charge >= 0.3 is 5.97 Å². The van der Waals surface area contributed by atoms with Gasteiger partial charge in [0.15, 0.2) is 0 Å². The van der Waals surface area contributed by atoms with E-state index >= 15 is 0 Å². The first kappa shape index (κ1) is 34.2. The van der Waals surface area contributed by atoms with E-state index in [9.17, 15) is 15.0 Å². The first-order valence-electron chi connectivity index (χ1n) is 14.2. The number of hydrogen-bond acceptors (Lipinski definition) is 7. The van der Waals surface area contributed by atoms with Crippen LogP contribution < -0.4 is 19.5 Å². The second kappa shape index (κ2) is 16.0. The number of aliphatic hydroxyl groups is 1. The molecule has 8 nitrogen and oxygen atoms in total. The second-order valence-corrected chi connectivity index (χ2v) is 10.9. The van der Waals surface area contributed by atoms with E-state index in [0.717, 1.165) is 44.7 Å². The van der Waals surface area contributed by atoms with Gasteiger partial charge in [-0.25, -0.2) is 0 Å². The zero-order valence-corrected chi connectivity index (χ0v) is 26.5. The maximum Gasteiger partial charge on any atom is 0.323 e. The molecule has 0 aromatic heterocycles. The number of ether oxygens (including phenoxy) is 3. The molecular formula is C35H39ClN2O6. The molecule has 0 saturated heterocycles. The minimum atomic E-state index is -1.18. The molecule has 44 heavy (non-hydrogen) atoms. The van der Waals surface area contributed by atoms with Crippen molar-refractivity contribution in [3.8, 4) is 34.4 Å². The van der Waals surface area contributed by atoms with Crippen LogP contribution in [0.15, 0.2) is 66.3 Å². The van der Waals surface area contributed by atoms with Crippen LogP contribution in [0, 0.1) is 32.1 Å². The van der Waals surface area contributed by atoms with Gasteiger partial charge in [-0.05, 0) is 91.8 Å². The number of hydrogen-bond donors (Lipinski definition) is 3. The summed E-state index contributed by atoms with van der Waals surface area (Å²) in [7, 11) is 0. The summed E-state index contributed by atoms with van der Waals surface area (Å²) in [5.74, 6) is 0.487. The van der Waals surface area contributed by atoms with Crippen LogP contribution in [0.25, 0.3) is 11.1 Å². The molecule has 0 aliphatic carbocycles. The Bertz CT molecular complexity index is 1590. The summed E-state index contributed by atoms with van der Waals surface area (Å²) in [6.45, 7) is 14.1.